The number of unbranched alkanes of at least 4 members (excludes halogenated alkanes) is 1. The predicted octanol–water partition coefficient (Wildman–Crippen LogP) is 3.15. The Labute approximate surface area is 113 Å². The molecule has 13 heteroatoms. The number of hydrogen-bond acceptors (Lipinski definition) is 3. The fourth-order valence-electron chi connectivity index (χ4n) is 0.963. The Bertz CT molecular complexity index is 461. The van der Waals surface area contributed by atoms with Crippen LogP contribution in [0.15, 0.2) is 0 Å². The van der Waals surface area contributed by atoms with Crippen LogP contribution in [0.3, 0.4) is 0 Å². The van der Waals surface area contributed by atoms with Crippen LogP contribution in [0.1, 0.15) is 19.8 Å². The maximum atomic E-state index is 13.0. The van der Waals surface area contributed by atoms with Crippen molar-refractivity contribution in [3.05, 3.63) is 0 Å². The average molecular weight is 354 g/mol. The van der Waals surface area contributed by atoms with E-state index in [2.05, 4.69) is 4.74 Å². The molecule has 0 spiro atoms. The van der Waals surface area contributed by atoms with Crippen LogP contribution in [-0.2, 0) is 14.9 Å². The number of alkyl halides is 8. The lowest BCUT2D eigenvalue weighted by Gasteiger charge is -2.34. The lowest BCUT2D eigenvalue weighted by molar-refractivity contribution is -0.417. The van der Waals surface area contributed by atoms with Crippen molar-refractivity contribution >= 4 is 10.1 Å². The van der Waals surface area contributed by atoms with Gasteiger partial charge >= 0.3 is 33.3 Å². The molecule has 0 aliphatic carbocycles. The Morgan fingerprint density at radius 2 is 1.38 bits per heavy atom. The van der Waals surface area contributed by atoms with Gasteiger partial charge in [0.2, 0.25) is 0 Å². The molecule has 0 rings (SSSR count). The Morgan fingerprint density at radius 3 is 1.71 bits per heavy atom. The lowest BCUT2D eigenvalue weighted by Crippen LogP contribution is -2.64. The van der Waals surface area contributed by atoms with Gasteiger partial charge in [-0.05, 0) is 6.42 Å². The summed E-state index contributed by atoms with van der Waals surface area (Å²) in [5, 5.41) is -6.85. The summed E-state index contributed by atoms with van der Waals surface area (Å²) in [6.07, 6.45) is -6.22. The number of halogens is 8. The van der Waals surface area contributed by atoms with E-state index in [0.717, 1.165) is 0 Å². The third kappa shape index (κ3) is 3.39. The van der Waals surface area contributed by atoms with Crippen molar-refractivity contribution in [2.75, 3.05) is 6.61 Å². The van der Waals surface area contributed by atoms with E-state index in [-0.39, 0.29) is 12.8 Å². The average Bonchev–Trinajstić information content (AvgIpc) is 2.26. The van der Waals surface area contributed by atoms with E-state index < -0.39 is 39.9 Å². The molecule has 0 radical (unpaired) electrons. The smallest absolute Gasteiger partial charge is 0.316 e. The van der Waals surface area contributed by atoms with Crippen LogP contribution in [0.2, 0.25) is 0 Å². The van der Waals surface area contributed by atoms with Crippen LogP contribution in [-0.4, -0.2) is 42.8 Å². The van der Waals surface area contributed by atoms with E-state index in [1.54, 1.807) is 0 Å². The van der Waals surface area contributed by atoms with Crippen molar-refractivity contribution in [1.82, 2.24) is 0 Å². The molecule has 0 bridgehead atoms. The van der Waals surface area contributed by atoms with E-state index in [1.165, 1.54) is 6.92 Å². The summed E-state index contributed by atoms with van der Waals surface area (Å²) >= 11 is 0. The maximum absolute atomic E-state index is 13.0. The maximum Gasteiger partial charge on any atom is 0.438 e. The van der Waals surface area contributed by atoms with Crippen molar-refractivity contribution in [2.24, 2.45) is 0 Å². The van der Waals surface area contributed by atoms with E-state index in [1.807, 2.05) is 0 Å². The van der Waals surface area contributed by atoms with Gasteiger partial charge in [-0.15, -0.1) is 0 Å². The molecule has 0 aromatic rings. The summed E-state index contributed by atoms with van der Waals surface area (Å²) in [6.45, 7) is 0.243. The van der Waals surface area contributed by atoms with E-state index in [4.69, 9.17) is 4.55 Å². The highest BCUT2D eigenvalue weighted by Gasteiger charge is 2.85. The van der Waals surface area contributed by atoms with Crippen molar-refractivity contribution in [3.63, 3.8) is 0 Å². The standard InChI is InChI=1S/C8H10F8O4S/c1-2-3-4-20-7(13,14)5(9,10)6(11,12)8(15,16)21(17,18)19/h2-4H2,1H3,(H,17,18,19). The molecule has 0 aromatic heterocycles. The van der Waals surface area contributed by atoms with Crippen molar-refractivity contribution in [1.29, 1.82) is 0 Å². The Hall–Kier alpha value is -0.690. The molecule has 0 amide bonds. The van der Waals surface area contributed by atoms with Gasteiger partial charge in [-0.2, -0.15) is 43.5 Å². The molecule has 0 saturated carbocycles. The molecule has 128 valence electrons. The first-order chi connectivity index (χ1) is 9.06. The summed E-state index contributed by atoms with van der Waals surface area (Å²) in [5.74, 6) is -14.0. The summed E-state index contributed by atoms with van der Waals surface area (Å²) in [7, 11) is -7.08. The summed E-state index contributed by atoms with van der Waals surface area (Å²) < 4.78 is 134. The minimum absolute atomic E-state index is 0.138. The summed E-state index contributed by atoms with van der Waals surface area (Å²) in [6, 6.07) is 0. The molecular weight excluding hydrogens is 344 g/mol. The van der Waals surface area contributed by atoms with Crippen LogP contribution in [0.5, 0.6) is 0 Å². The van der Waals surface area contributed by atoms with Gasteiger partial charge in [0.25, 0.3) is 0 Å². The van der Waals surface area contributed by atoms with E-state index in [9.17, 15) is 43.5 Å². The second-order valence-electron chi connectivity index (χ2n) is 3.86. The molecule has 0 atom stereocenters. The zero-order valence-electron chi connectivity index (χ0n) is 10.2. The van der Waals surface area contributed by atoms with Crippen LogP contribution in [0.25, 0.3) is 0 Å². The van der Waals surface area contributed by atoms with Gasteiger partial charge in [0.1, 0.15) is 0 Å². The molecule has 0 aliphatic heterocycles. The van der Waals surface area contributed by atoms with Gasteiger partial charge in [0.05, 0.1) is 6.61 Å². The first kappa shape index (κ1) is 20.3. The molecule has 0 aromatic carbocycles. The molecule has 0 heterocycles. The monoisotopic (exact) mass is 354 g/mol. The largest absolute Gasteiger partial charge is 0.438 e. The predicted molar refractivity (Wildman–Crippen MR) is 52.2 cm³/mol. The normalized spacial score (nSPS) is 15.3. The fourth-order valence-corrected chi connectivity index (χ4v) is 1.41. The SMILES string of the molecule is CCCCOC(F)(F)C(F)(F)C(F)(F)C(F)(F)S(=O)(=O)O. The Balaban J connectivity index is 5.66. The Morgan fingerprint density at radius 1 is 0.952 bits per heavy atom. The highest BCUT2D eigenvalue weighted by Crippen LogP contribution is 2.54. The third-order valence-electron chi connectivity index (χ3n) is 2.23. The van der Waals surface area contributed by atoms with E-state index >= 15 is 0 Å². The van der Waals surface area contributed by atoms with Crippen LogP contribution >= 0.6 is 0 Å². The number of rotatable bonds is 8. The van der Waals surface area contributed by atoms with Crippen molar-refractivity contribution in [3.8, 4) is 0 Å². The van der Waals surface area contributed by atoms with Crippen molar-refractivity contribution in [2.45, 2.75) is 43.0 Å². The summed E-state index contributed by atoms with van der Waals surface area (Å²) in [4.78, 5) is 0. The second-order valence-corrected chi connectivity index (χ2v) is 5.32. The van der Waals surface area contributed by atoms with E-state index in [0.29, 0.717) is 0 Å². The van der Waals surface area contributed by atoms with Gasteiger partial charge in [-0.1, -0.05) is 13.3 Å². The molecule has 1 N–H and O–H groups in total. The highest BCUT2D eigenvalue weighted by molar-refractivity contribution is 7.87. The van der Waals surface area contributed by atoms with Crippen molar-refractivity contribution < 1.29 is 52.8 Å². The third-order valence-corrected chi connectivity index (χ3v) is 3.13. The zero-order valence-corrected chi connectivity index (χ0v) is 11.0. The molecule has 0 saturated heterocycles. The van der Waals surface area contributed by atoms with Gasteiger partial charge in [0, 0.05) is 0 Å². The Kier molecular flexibility index (Phi) is 5.64. The topological polar surface area (TPSA) is 63.6 Å². The molecule has 0 aliphatic rings. The highest BCUT2D eigenvalue weighted by atomic mass is 32.2. The molecular formula is C8H10F8O4S. The zero-order chi connectivity index (χ0) is 17.3. The lowest BCUT2D eigenvalue weighted by atomic mass is 10.1. The number of hydrogen-bond donors (Lipinski definition) is 1. The fraction of sp³-hybridized carbons (Fsp3) is 1.00. The van der Waals surface area contributed by atoms with Crippen LogP contribution < -0.4 is 0 Å². The summed E-state index contributed by atoms with van der Waals surface area (Å²) in [5.41, 5.74) is 0. The first-order valence-electron chi connectivity index (χ1n) is 5.18. The quantitative estimate of drug-likeness (QED) is 0.413. The van der Waals surface area contributed by atoms with Gasteiger partial charge in [-0.25, -0.2) is 0 Å². The van der Waals surface area contributed by atoms with Crippen LogP contribution in [0, 0.1) is 0 Å². The minimum atomic E-state index is -7.12. The molecule has 21 heavy (non-hydrogen) atoms. The second kappa shape index (κ2) is 5.83. The van der Waals surface area contributed by atoms with Gasteiger partial charge in [0.15, 0.2) is 0 Å². The number of ether oxygens (including phenoxy) is 1. The van der Waals surface area contributed by atoms with Crippen LogP contribution in [0.4, 0.5) is 35.1 Å². The molecule has 0 unspecified atom stereocenters. The minimum Gasteiger partial charge on any atom is -0.316 e. The van der Waals surface area contributed by atoms with Gasteiger partial charge in [-0.3, -0.25) is 4.55 Å². The molecule has 4 nitrogen and oxygen atoms in total. The molecule has 0 fully saturated rings. The van der Waals surface area contributed by atoms with Gasteiger partial charge < -0.3 is 4.74 Å². The first-order valence-corrected chi connectivity index (χ1v) is 6.62.